The number of carbonyl (C=O) groups excluding carboxylic acids is 1. The predicted molar refractivity (Wildman–Crippen MR) is 58.1 cm³/mol. The van der Waals surface area contributed by atoms with Gasteiger partial charge in [-0.1, -0.05) is 5.92 Å². The van der Waals surface area contributed by atoms with E-state index in [1.807, 2.05) is 6.92 Å². The second-order valence-electron chi connectivity index (χ2n) is 3.13. The molecule has 0 spiro atoms. The number of terminal acetylenes is 1. The van der Waals surface area contributed by atoms with Gasteiger partial charge in [0.15, 0.2) is 5.69 Å². The quantitative estimate of drug-likeness (QED) is 0.703. The highest BCUT2D eigenvalue weighted by molar-refractivity contribution is 5.97. The Morgan fingerprint density at radius 2 is 2.40 bits per heavy atom. The fourth-order valence-electron chi connectivity index (χ4n) is 1.19. The highest BCUT2D eigenvalue weighted by Gasteiger charge is 2.19. The minimum absolute atomic E-state index is 0.239. The Kier molecular flexibility index (Phi) is 3.34. The van der Waals surface area contributed by atoms with Gasteiger partial charge in [-0.3, -0.25) is 9.89 Å². The largest absolute Gasteiger partial charge is 0.395 e. The van der Waals surface area contributed by atoms with E-state index in [-0.39, 0.29) is 18.1 Å². The van der Waals surface area contributed by atoms with E-state index in [4.69, 9.17) is 12.2 Å². The van der Waals surface area contributed by atoms with Crippen molar-refractivity contribution in [3.63, 3.8) is 0 Å². The smallest absolute Gasteiger partial charge is 0.277 e. The highest BCUT2D eigenvalue weighted by Crippen LogP contribution is 2.14. The number of rotatable bonds is 3. The first-order chi connectivity index (χ1) is 7.11. The van der Waals surface area contributed by atoms with Crippen LogP contribution in [-0.2, 0) is 0 Å². The molecule has 5 nitrogen and oxygen atoms in total. The van der Waals surface area contributed by atoms with E-state index in [2.05, 4.69) is 16.1 Å². The molecule has 0 bridgehead atoms. The average Bonchev–Trinajstić information content (AvgIpc) is 2.55. The number of nitrogens with zero attached hydrogens (tertiary/aromatic N) is 2. The lowest BCUT2D eigenvalue weighted by atomic mass is 10.2. The number of aryl methyl sites for hydroxylation is 1. The van der Waals surface area contributed by atoms with E-state index in [0.29, 0.717) is 17.9 Å². The summed E-state index contributed by atoms with van der Waals surface area (Å²) in [5.41, 5.74) is 7.01. The van der Waals surface area contributed by atoms with Crippen LogP contribution >= 0.6 is 0 Å². The third kappa shape index (κ3) is 2.10. The minimum Gasteiger partial charge on any atom is -0.395 e. The van der Waals surface area contributed by atoms with Gasteiger partial charge in [0, 0.05) is 6.54 Å². The Bertz CT molecular complexity index is 402. The summed E-state index contributed by atoms with van der Waals surface area (Å²) in [4.78, 5) is 13.4. The van der Waals surface area contributed by atoms with Gasteiger partial charge in [0.25, 0.3) is 5.91 Å². The maximum absolute atomic E-state index is 11.9. The van der Waals surface area contributed by atoms with Crippen molar-refractivity contribution >= 4 is 11.6 Å². The highest BCUT2D eigenvalue weighted by atomic mass is 16.2. The molecule has 0 radical (unpaired) electrons. The van der Waals surface area contributed by atoms with Crippen LogP contribution in [0.5, 0.6) is 0 Å². The molecular weight excluding hydrogens is 192 g/mol. The van der Waals surface area contributed by atoms with Crippen molar-refractivity contribution in [2.45, 2.75) is 13.8 Å². The number of nitrogens with two attached hydrogens (primary N) is 1. The van der Waals surface area contributed by atoms with Crippen LogP contribution in [0, 0.1) is 19.3 Å². The van der Waals surface area contributed by atoms with Gasteiger partial charge in [-0.25, -0.2) is 0 Å². The molecule has 1 rings (SSSR count). The third-order valence-corrected chi connectivity index (χ3v) is 2.15. The molecule has 1 amide bonds. The molecule has 3 N–H and O–H groups in total. The topological polar surface area (TPSA) is 75.0 Å². The average molecular weight is 206 g/mol. The van der Waals surface area contributed by atoms with Gasteiger partial charge >= 0.3 is 0 Å². The second-order valence-corrected chi connectivity index (χ2v) is 3.13. The predicted octanol–water partition coefficient (Wildman–Crippen LogP) is 0.396. The number of nitrogen functional groups attached to an aromatic ring is 1. The summed E-state index contributed by atoms with van der Waals surface area (Å²) < 4.78 is 0. The van der Waals surface area contributed by atoms with Crippen molar-refractivity contribution < 1.29 is 4.79 Å². The first-order valence-corrected chi connectivity index (χ1v) is 4.65. The number of anilines is 1. The van der Waals surface area contributed by atoms with Gasteiger partial charge in [-0.2, -0.15) is 5.10 Å². The Morgan fingerprint density at radius 1 is 1.73 bits per heavy atom. The lowest BCUT2D eigenvalue weighted by Gasteiger charge is -2.16. The molecule has 15 heavy (non-hydrogen) atoms. The van der Waals surface area contributed by atoms with E-state index >= 15 is 0 Å². The van der Waals surface area contributed by atoms with Gasteiger partial charge in [-0.05, 0) is 13.8 Å². The molecule has 0 saturated heterocycles. The summed E-state index contributed by atoms with van der Waals surface area (Å²) in [7, 11) is 0. The number of hydrogen-bond donors (Lipinski definition) is 2. The summed E-state index contributed by atoms with van der Waals surface area (Å²) >= 11 is 0. The first-order valence-electron chi connectivity index (χ1n) is 4.65. The van der Waals surface area contributed by atoms with E-state index in [0.717, 1.165) is 0 Å². The standard InChI is InChI=1S/C10H14N4O/c1-4-6-14(5-2)10(15)9-8(11)7(3)12-13-9/h1H,5-6,11H2,2-3H3,(H,12,13). The Labute approximate surface area is 88.6 Å². The number of aromatic nitrogens is 2. The van der Waals surface area contributed by atoms with Crippen LogP contribution in [-0.4, -0.2) is 34.1 Å². The fraction of sp³-hybridized carbons (Fsp3) is 0.400. The Balaban J connectivity index is 2.93. The molecule has 0 aromatic carbocycles. The van der Waals surface area contributed by atoms with Crippen molar-refractivity contribution in [1.29, 1.82) is 0 Å². The van der Waals surface area contributed by atoms with Gasteiger partial charge in [0.2, 0.25) is 0 Å². The number of hydrogen-bond acceptors (Lipinski definition) is 3. The SMILES string of the molecule is C#CCN(CC)C(=O)c1n[nH]c(C)c1N. The zero-order chi connectivity index (χ0) is 11.4. The van der Waals surface area contributed by atoms with Gasteiger partial charge in [0.1, 0.15) is 0 Å². The van der Waals surface area contributed by atoms with Gasteiger partial charge < -0.3 is 10.6 Å². The minimum atomic E-state index is -0.239. The molecule has 0 atom stereocenters. The van der Waals surface area contributed by atoms with Crippen molar-refractivity contribution in [2.24, 2.45) is 0 Å². The number of nitrogens with one attached hydrogen (secondary N) is 1. The summed E-state index contributed by atoms with van der Waals surface area (Å²) in [5.74, 6) is 2.18. The summed E-state index contributed by atoms with van der Waals surface area (Å²) in [6.45, 7) is 4.41. The molecule has 0 aliphatic rings. The molecule has 0 unspecified atom stereocenters. The van der Waals surface area contributed by atoms with Crippen molar-refractivity contribution in [2.75, 3.05) is 18.8 Å². The molecule has 1 aromatic rings. The molecular formula is C10H14N4O. The molecule has 1 aromatic heterocycles. The van der Waals surface area contributed by atoms with Crippen molar-refractivity contribution in [3.05, 3.63) is 11.4 Å². The lowest BCUT2D eigenvalue weighted by Crippen LogP contribution is -2.31. The number of amides is 1. The number of carbonyl (C=O) groups is 1. The summed E-state index contributed by atoms with van der Waals surface area (Å²) in [6, 6.07) is 0. The molecule has 0 aliphatic carbocycles. The molecule has 0 aliphatic heterocycles. The van der Waals surface area contributed by atoms with E-state index in [1.165, 1.54) is 4.90 Å². The zero-order valence-electron chi connectivity index (χ0n) is 8.87. The van der Waals surface area contributed by atoms with E-state index < -0.39 is 0 Å². The Morgan fingerprint density at radius 3 is 2.80 bits per heavy atom. The van der Waals surface area contributed by atoms with Crippen LogP contribution in [0.2, 0.25) is 0 Å². The molecule has 5 heteroatoms. The van der Waals surface area contributed by atoms with Crippen LogP contribution in [0.15, 0.2) is 0 Å². The van der Waals surface area contributed by atoms with Crippen LogP contribution < -0.4 is 5.73 Å². The Hall–Kier alpha value is -1.96. The molecule has 1 heterocycles. The zero-order valence-corrected chi connectivity index (χ0v) is 8.87. The monoisotopic (exact) mass is 206 g/mol. The maximum Gasteiger partial charge on any atom is 0.277 e. The molecule has 0 saturated carbocycles. The third-order valence-electron chi connectivity index (χ3n) is 2.15. The first kappa shape index (κ1) is 11.1. The second kappa shape index (κ2) is 4.51. The fourth-order valence-corrected chi connectivity index (χ4v) is 1.19. The normalized spacial score (nSPS) is 9.67. The summed E-state index contributed by atoms with van der Waals surface area (Å²) in [5, 5.41) is 6.52. The van der Waals surface area contributed by atoms with Gasteiger partial charge in [0.05, 0.1) is 17.9 Å². The van der Waals surface area contributed by atoms with Crippen LogP contribution in [0.4, 0.5) is 5.69 Å². The lowest BCUT2D eigenvalue weighted by molar-refractivity contribution is 0.0780. The van der Waals surface area contributed by atoms with Crippen LogP contribution in [0.3, 0.4) is 0 Å². The van der Waals surface area contributed by atoms with Crippen LogP contribution in [0.25, 0.3) is 0 Å². The maximum atomic E-state index is 11.9. The summed E-state index contributed by atoms with van der Waals surface area (Å²) in [6.07, 6.45) is 5.16. The van der Waals surface area contributed by atoms with E-state index in [9.17, 15) is 4.79 Å². The molecule has 0 fully saturated rings. The van der Waals surface area contributed by atoms with Crippen molar-refractivity contribution in [3.8, 4) is 12.3 Å². The van der Waals surface area contributed by atoms with Crippen LogP contribution in [0.1, 0.15) is 23.1 Å². The van der Waals surface area contributed by atoms with Gasteiger partial charge in [-0.15, -0.1) is 6.42 Å². The molecule has 80 valence electrons. The van der Waals surface area contributed by atoms with E-state index in [1.54, 1.807) is 6.92 Å². The number of H-pyrrole nitrogens is 1. The van der Waals surface area contributed by atoms with Crippen molar-refractivity contribution in [1.82, 2.24) is 15.1 Å². The number of aromatic amines is 1.